The van der Waals surface area contributed by atoms with Crippen molar-refractivity contribution in [3.05, 3.63) is 54.2 Å². The molecule has 1 saturated carbocycles. The third-order valence-corrected chi connectivity index (χ3v) is 4.69. The van der Waals surface area contributed by atoms with Gasteiger partial charge in [0.2, 0.25) is 0 Å². The van der Waals surface area contributed by atoms with E-state index >= 15 is 0 Å². The summed E-state index contributed by atoms with van der Waals surface area (Å²) in [6.07, 6.45) is 1.75. The average Bonchev–Trinajstić information content (AvgIpc) is 3.56. The smallest absolute Gasteiger partial charge is 0.263 e. The molecular formula is C22H22F2N2O3. The van der Waals surface area contributed by atoms with Crippen LogP contribution < -0.4 is 14.8 Å². The Morgan fingerprint density at radius 3 is 2.69 bits per heavy atom. The minimum absolute atomic E-state index is 0.0492. The van der Waals surface area contributed by atoms with Crippen LogP contribution in [-0.4, -0.2) is 31.4 Å². The lowest BCUT2D eigenvalue weighted by Gasteiger charge is -2.15. The summed E-state index contributed by atoms with van der Waals surface area (Å²) in [5.74, 6) is 1.30. The minimum Gasteiger partial charge on any atom is -0.494 e. The molecule has 0 unspecified atom stereocenters. The van der Waals surface area contributed by atoms with E-state index in [4.69, 9.17) is 14.2 Å². The van der Waals surface area contributed by atoms with Gasteiger partial charge in [-0.3, -0.25) is 4.98 Å². The molecule has 0 aliphatic heterocycles. The monoisotopic (exact) mass is 400 g/mol. The molecule has 29 heavy (non-hydrogen) atoms. The number of nitrogens with one attached hydrogen (secondary N) is 1. The number of pyridine rings is 1. The van der Waals surface area contributed by atoms with E-state index in [2.05, 4.69) is 10.3 Å². The van der Waals surface area contributed by atoms with Crippen LogP contribution in [0.5, 0.6) is 11.5 Å². The van der Waals surface area contributed by atoms with Gasteiger partial charge >= 0.3 is 0 Å². The Labute approximate surface area is 167 Å². The Kier molecular flexibility index (Phi) is 5.76. The molecule has 3 aromatic rings. The Balaban J connectivity index is 1.50. The van der Waals surface area contributed by atoms with Gasteiger partial charge in [0.25, 0.3) is 6.43 Å². The van der Waals surface area contributed by atoms with Gasteiger partial charge in [0.05, 0.1) is 31.0 Å². The van der Waals surface area contributed by atoms with Gasteiger partial charge in [-0.25, -0.2) is 8.78 Å². The lowest BCUT2D eigenvalue weighted by molar-refractivity contribution is 0.0880. The third kappa shape index (κ3) is 4.74. The van der Waals surface area contributed by atoms with E-state index in [1.54, 1.807) is 31.5 Å². The van der Waals surface area contributed by atoms with E-state index in [0.717, 1.165) is 29.6 Å². The maximum Gasteiger partial charge on any atom is 0.263 e. The number of anilines is 2. The lowest BCUT2D eigenvalue weighted by atomic mass is 10.1. The molecule has 0 amide bonds. The molecule has 1 N–H and O–H groups in total. The highest BCUT2D eigenvalue weighted by atomic mass is 19.3. The number of hydrogen-bond donors (Lipinski definition) is 1. The number of benzene rings is 2. The number of alkyl halides is 2. The van der Waals surface area contributed by atoms with Crippen molar-refractivity contribution in [2.75, 3.05) is 25.6 Å². The Hall–Kier alpha value is -2.93. The van der Waals surface area contributed by atoms with E-state index in [-0.39, 0.29) is 5.56 Å². The molecule has 1 heterocycles. The molecule has 0 spiro atoms. The summed E-state index contributed by atoms with van der Waals surface area (Å²) in [4.78, 5) is 4.21. The topological polar surface area (TPSA) is 52.6 Å². The number of ether oxygens (including phenoxy) is 3. The predicted molar refractivity (Wildman–Crippen MR) is 107 cm³/mol. The van der Waals surface area contributed by atoms with E-state index < -0.39 is 6.43 Å². The zero-order valence-electron chi connectivity index (χ0n) is 16.0. The highest BCUT2D eigenvalue weighted by Crippen LogP contribution is 2.34. The molecule has 0 radical (unpaired) electrons. The van der Waals surface area contributed by atoms with E-state index in [9.17, 15) is 8.78 Å². The van der Waals surface area contributed by atoms with Crippen molar-refractivity contribution in [3.63, 3.8) is 0 Å². The molecule has 5 nitrogen and oxygen atoms in total. The second kappa shape index (κ2) is 8.61. The van der Waals surface area contributed by atoms with Crippen LogP contribution in [0.15, 0.2) is 48.7 Å². The summed E-state index contributed by atoms with van der Waals surface area (Å²) >= 11 is 0. The van der Waals surface area contributed by atoms with Crippen LogP contribution in [0.2, 0.25) is 0 Å². The second-order valence-corrected chi connectivity index (χ2v) is 6.84. The molecule has 1 aliphatic rings. The number of fused-ring (bicyclic) bond motifs is 1. The highest BCUT2D eigenvalue weighted by molar-refractivity contribution is 5.93. The fourth-order valence-corrected chi connectivity index (χ4v) is 3.03. The van der Waals surface area contributed by atoms with Gasteiger partial charge in [-0.1, -0.05) is 12.1 Å². The summed E-state index contributed by atoms with van der Waals surface area (Å²) in [5, 5.41) is 4.05. The van der Waals surface area contributed by atoms with Gasteiger partial charge in [0.15, 0.2) is 0 Å². The van der Waals surface area contributed by atoms with Crippen LogP contribution in [0.4, 0.5) is 20.2 Å². The molecular weight excluding hydrogens is 378 g/mol. The van der Waals surface area contributed by atoms with Gasteiger partial charge in [-0.15, -0.1) is 0 Å². The molecule has 0 bridgehead atoms. The normalized spacial score (nSPS) is 13.7. The number of methoxy groups -OCH3 is 1. The Morgan fingerprint density at radius 2 is 1.93 bits per heavy atom. The number of halogens is 2. The lowest BCUT2D eigenvalue weighted by Crippen LogP contribution is -2.07. The summed E-state index contributed by atoms with van der Waals surface area (Å²) in [7, 11) is 1.58. The van der Waals surface area contributed by atoms with Crippen LogP contribution in [0.25, 0.3) is 10.9 Å². The van der Waals surface area contributed by atoms with Crippen LogP contribution in [0.1, 0.15) is 24.8 Å². The van der Waals surface area contributed by atoms with Gasteiger partial charge < -0.3 is 19.5 Å². The first kappa shape index (κ1) is 19.4. The zero-order chi connectivity index (χ0) is 20.2. The van der Waals surface area contributed by atoms with Crippen molar-refractivity contribution in [3.8, 4) is 11.5 Å². The van der Waals surface area contributed by atoms with Crippen molar-refractivity contribution in [2.45, 2.75) is 25.4 Å². The van der Waals surface area contributed by atoms with Gasteiger partial charge in [0, 0.05) is 28.9 Å². The van der Waals surface area contributed by atoms with Gasteiger partial charge in [-0.05, 0) is 37.1 Å². The number of hydrogen-bond acceptors (Lipinski definition) is 5. The first-order valence-corrected chi connectivity index (χ1v) is 9.50. The minimum atomic E-state index is -2.53. The summed E-state index contributed by atoms with van der Waals surface area (Å²) in [5.41, 5.74) is 1.94. The van der Waals surface area contributed by atoms with E-state index in [0.29, 0.717) is 36.3 Å². The van der Waals surface area contributed by atoms with Crippen molar-refractivity contribution < 1.29 is 23.0 Å². The molecule has 1 aromatic heterocycles. The molecule has 0 atom stereocenters. The quantitative estimate of drug-likeness (QED) is 0.482. The average molecular weight is 400 g/mol. The van der Waals surface area contributed by atoms with E-state index in [1.807, 2.05) is 12.1 Å². The maximum atomic E-state index is 13.0. The first-order chi connectivity index (χ1) is 14.1. The fraction of sp³-hybridized carbons (Fsp3) is 0.318. The summed E-state index contributed by atoms with van der Waals surface area (Å²) in [6.45, 7) is 1.05. The van der Waals surface area contributed by atoms with Crippen LogP contribution in [-0.2, 0) is 4.74 Å². The number of aromatic nitrogens is 1. The van der Waals surface area contributed by atoms with Crippen molar-refractivity contribution in [1.82, 2.24) is 4.98 Å². The molecule has 2 aromatic carbocycles. The molecule has 1 aliphatic carbocycles. The predicted octanol–water partition coefficient (Wildman–Crippen LogP) is 5.48. The highest BCUT2D eigenvalue weighted by Gasteiger charge is 2.21. The fourth-order valence-electron chi connectivity index (χ4n) is 3.03. The molecule has 0 saturated heterocycles. The van der Waals surface area contributed by atoms with Crippen LogP contribution in [0, 0.1) is 0 Å². The Morgan fingerprint density at radius 1 is 1.07 bits per heavy atom. The zero-order valence-corrected chi connectivity index (χ0v) is 16.0. The molecule has 7 heteroatoms. The first-order valence-electron chi connectivity index (χ1n) is 9.50. The SMILES string of the molecule is COc1cc(OCCOC2CC2)ccc1Nc1ccnc2cc(C(F)F)ccc12. The number of rotatable bonds is 9. The van der Waals surface area contributed by atoms with E-state index in [1.165, 1.54) is 12.1 Å². The van der Waals surface area contributed by atoms with Crippen molar-refractivity contribution >= 4 is 22.3 Å². The molecule has 152 valence electrons. The van der Waals surface area contributed by atoms with Crippen molar-refractivity contribution in [2.24, 2.45) is 0 Å². The largest absolute Gasteiger partial charge is 0.494 e. The maximum absolute atomic E-state index is 13.0. The van der Waals surface area contributed by atoms with Crippen LogP contribution >= 0.6 is 0 Å². The number of nitrogens with zero attached hydrogens (tertiary/aromatic N) is 1. The summed E-state index contributed by atoms with van der Waals surface area (Å²) in [6, 6.07) is 11.8. The van der Waals surface area contributed by atoms with Crippen molar-refractivity contribution in [1.29, 1.82) is 0 Å². The Bertz CT molecular complexity index is 993. The molecule has 4 rings (SSSR count). The van der Waals surface area contributed by atoms with Crippen LogP contribution in [0.3, 0.4) is 0 Å². The summed E-state index contributed by atoms with van der Waals surface area (Å²) < 4.78 is 42.7. The standard InChI is InChI=1S/C22H22F2N2O3/c1-27-21-13-16(29-11-10-28-15-3-4-15)5-7-19(21)26-18-8-9-25-20-12-14(22(23)24)2-6-17(18)20/h2,5-9,12-13,15,22H,3-4,10-11H2,1H3,(H,25,26). The second-order valence-electron chi connectivity index (χ2n) is 6.84. The van der Waals surface area contributed by atoms with Gasteiger partial charge in [-0.2, -0.15) is 0 Å². The van der Waals surface area contributed by atoms with Gasteiger partial charge in [0.1, 0.15) is 18.1 Å². The molecule has 1 fully saturated rings. The third-order valence-electron chi connectivity index (χ3n) is 4.69.